The predicted molar refractivity (Wildman–Crippen MR) is 111 cm³/mol. The fourth-order valence-electron chi connectivity index (χ4n) is 4.24. The van der Waals surface area contributed by atoms with E-state index >= 15 is 0 Å². The smallest absolute Gasteiger partial charge is 0.262 e. The number of nitrogens with one attached hydrogen (secondary N) is 1. The van der Waals surface area contributed by atoms with Crippen molar-refractivity contribution in [2.24, 2.45) is 0 Å². The molecule has 1 aliphatic heterocycles. The molecule has 29 heavy (non-hydrogen) atoms. The lowest BCUT2D eigenvalue weighted by atomic mass is 9.97. The number of hydrogen-bond donors (Lipinski definition) is 1. The highest BCUT2D eigenvalue weighted by Gasteiger charge is 2.31. The van der Waals surface area contributed by atoms with E-state index in [-0.39, 0.29) is 30.1 Å². The first-order valence-electron chi connectivity index (χ1n) is 9.94. The molecule has 1 atom stereocenters. The zero-order valence-corrected chi connectivity index (χ0v) is 16.7. The van der Waals surface area contributed by atoms with E-state index in [2.05, 4.69) is 5.32 Å². The molecular weight excluding hydrogens is 368 g/mol. The van der Waals surface area contributed by atoms with Gasteiger partial charge in [0.2, 0.25) is 5.91 Å². The van der Waals surface area contributed by atoms with Crippen molar-refractivity contribution in [2.75, 3.05) is 23.4 Å². The standard InChI is InChI=1S/C23H24N2O4/c1-14-8-9-19(23-18(26)11-15(2)22(14)23)29-13-20(27)24-16-5-3-6-17(12-16)25-10-4-7-21(25)28/h3,5-6,8-9,12,15H,4,7,10-11,13H2,1-2H3,(H,24,27). The summed E-state index contributed by atoms with van der Waals surface area (Å²) in [6.07, 6.45) is 1.88. The molecule has 1 aliphatic carbocycles. The van der Waals surface area contributed by atoms with E-state index in [0.717, 1.165) is 23.2 Å². The summed E-state index contributed by atoms with van der Waals surface area (Å²) in [5, 5.41) is 2.80. The van der Waals surface area contributed by atoms with Crippen molar-refractivity contribution >= 4 is 29.0 Å². The third-order valence-electron chi connectivity index (χ3n) is 5.56. The molecule has 6 heteroatoms. The summed E-state index contributed by atoms with van der Waals surface area (Å²) in [5.74, 6) is 0.485. The van der Waals surface area contributed by atoms with Crippen LogP contribution in [0.1, 0.15) is 53.6 Å². The Balaban J connectivity index is 1.43. The lowest BCUT2D eigenvalue weighted by Crippen LogP contribution is -2.24. The first kappa shape index (κ1) is 19.2. The van der Waals surface area contributed by atoms with Crippen LogP contribution >= 0.6 is 0 Å². The van der Waals surface area contributed by atoms with E-state index in [9.17, 15) is 14.4 Å². The van der Waals surface area contributed by atoms with E-state index in [0.29, 0.717) is 36.4 Å². The molecule has 2 amide bonds. The Bertz CT molecular complexity index is 998. The molecular formula is C23H24N2O4. The lowest BCUT2D eigenvalue weighted by molar-refractivity contribution is -0.118. The van der Waals surface area contributed by atoms with Gasteiger partial charge in [-0.05, 0) is 54.7 Å². The van der Waals surface area contributed by atoms with Crippen LogP contribution in [0.4, 0.5) is 11.4 Å². The minimum Gasteiger partial charge on any atom is -0.483 e. The molecule has 1 saturated heterocycles. The van der Waals surface area contributed by atoms with Crippen LogP contribution < -0.4 is 15.0 Å². The average Bonchev–Trinajstić information content (AvgIpc) is 3.25. The molecule has 2 aromatic rings. The van der Waals surface area contributed by atoms with Crippen molar-refractivity contribution in [3.05, 3.63) is 53.1 Å². The highest BCUT2D eigenvalue weighted by atomic mass is 16.5. The molecule has 0 spiro atoms. The molecule has 0 bridgehead atoms. The van der Waals surface area contributed by atoms with Gasteiger partial charge < -0.3 is 15.0 Å². The normalized spacial score (nSPS) is 18.1. The van der Waals surface area contributed by atoms with Gasteiger partial charge in [-0.2, -0.15) is 0 Å². The molecule has 0 aromatic heterocycles. The highest BCUT2D eigenvalue weighted by Crippen LogP contribution is 2.40. The summed E-state index contributed by atoms with van der Waals surface area (Å²) >= 11 is 0. The summed E-state index contributed by atoms with van der Waals surface area (Å²) in [7, 11) is 0. The summed E-state index contributed by atoms with van der Waals surface area (Å²) in [4.78, 5) is 38.4. The quantitative estimate of drug-likeness (QED) is 0.839. The van der Waals surface area contributed by atoms with Crippen LogP contribution in [-0.4, -0.2) is 30.7 Å². The van der Waals surface area contributed by atoms with Crippen LogP contribution in [-0.2, 0) is 9.59 Å². The van der Waals surface area contributed by atoms with Crippen molar-refractivity contribution in [1.29, 1.82) is 0 Å². The number of ketones is 1. The maximum Gasteiger partial charge on any atom is 0.262 e. The van der Waals surface area contributed by atoms with Gasteiger partial charge in [0.1, 0.15) is 5.75 Å². The fraction of sp³-hybridized carbons (Fsp3) is 0.348. The summed E-state index contributed by atoms with van der Waals surface area (Å²) in [6, 6.07) is 10.9. The van der Waals surface area contributed by atoms with Crippen molar-refractivity contribution < 1.29 is 19.1 Å². The number of carbonyl (C=O) groups excluding carboxylic acids is 3. The van der Waals surface area contributed by atoms with Crippen molar-refractivity contribution in [1.82, 2.24) is 0 Å². The summed E-state index contributed by atoms with van der Waals surface area (Å²) in [6.45, 7) is 4.53. The third kappa shape index (κ3) is 3.75. The van der Waals surface area contributed by atoms with Crippen molar-refractivity contribution in [3.63, 3.8) is 0 Å². The number of rotatable bonds is 5. The number of amides is 2. The van der Waals surface area contributed by atoms with E-state index < -0.39 is 0 Å². The fourth-order valence-corrected chi connectivity index (χ4v) is 4.24. The average molecular weight is 392 g/mol. The zero-order chi connectivity index (χ0) is 20.5. The molecule has 1 fully saturated rings. The maximum atomic E-state index is 12.4. The molecule has 0 radical (unpaired) electrons. The van der Waals surface area contributed by atoms with Gasteiger partial charge in [0, 0.05) is 30.8 Å². The van der Waals surface area contributed by atoms with Crippen molar-refractivity contribution in [3.8, 4) is 5.75 Å². The monoisotopic (exact) mass is 392 g/mol. The van der Waals surface area contributed by atoms with E-state index in [1.54, 1.807) is 23.1 Å². The minimum atomic E-state index is -0.317. The van der Waals surface area contributed by atoms with Crippen LogP contribution in [0.2, 0.25) is 0 Å². The van der Waals surface area contributed by atoms with Crippen LogP contribution in [0.25, 0.3) is 0 Å². The van der Waals surface area contributed by atoms with Crippen LogP contribution in [0.5, 0.6) is 5.75 Å². The summed E-state index contributed by atoms with van der Waals surface area (Å²) in [5.41, 5.74) is 4.09. The molecule has 6 nitrogen and oxygen atoms in total. The number of ether oxygens (including phenoxy) is 1. The number of benzene rings is 2. The number of hydrogen-bond acceptors (Lipinski definition) is 4. The Morgan fingerprint density at radius 2 is 2.07 bits per heavy atom. The van der Waals surface area contributed by atoms with Gasteiger partial charge in [0.05, 0.1) is 5.56 Å². The van der Waals surface area contributed by atoms with E-state index in [4.69, 9.17) is 4.74 Å². The Morgan fingerprint density at radius 1 is 1.24 bits per heavy atom. The number of fused-ring (bicyclic) bond motifs is 1. The van der Waals surface area contributed by atoms with Gasteiger partial charge >= 0.3 is 0 Å². The first-order chi connectivity index (χ1) is 13.9. The number of anilines is 2. The third-order valence-corrected chi connectivity index (χ3v) is 5.56. The number of aryl methyl sites for hydroxylation is 1. The summed E-state index contributed by atoms with van der Waals surface area (Å²) < 4.78 is 5.71. The van der Waals surface area contributed by atoms with Gasteiger partial charge in [0.15, 0.2) is 12.4 Å². The molecule has 4 rings (SSSR count). The molecule has 1 N–H and O–H groups in total. The van der Waals surface area contributed by atoms with E-state index in [1.165, 1.54) is 0 Å². The van der Waals surface area contributed by atoms with Gasteiger partial charge in [-0.1, -0.05) is 19.1 Å². The molecule has 0 saturated carbocycles. The predicted octanol–water partition coefficient (Wildman–Crippen LogP) is 3.83. The molecule has 1 unspecified atom stereocenters. The Kier molecular flexibility index (Phi) is 5.09. The van der Waals surface area contributed by atoms with Crippen LogP contribution in [0.15, 0.2) is 36.4 Å². The Labute approximate surface area is 169 Å². The zero-order valence-electron chi connectivity index (χ0n) is 16.7. The van der Waals surface area contributed by atoms with Gasteiger partial charge in [-0.25, -0.2) is 0 Å². The number of Topliss-reactive ketones (excluding diaryl/α,β-unsaturated/α-hetero) is 1. The largest absolute Gasteiger partial charge is 0.483 e. The maximum absolute atomic E-state index is 12.4. The Morgan fingerprint density at radius 3 is 2.83 bits per heavy atom. The molecule has 150 valence electrons. The van der Waals surface area contributed by atoms with Crippen LogP contribution in [0.3, 0.4) is 0 Å². The Hall–Kier alpha value is -3.15. The second-order valence-electron chi connectivity index (χ2n) is 7.73. The SMILES string of the molecule is Cc1ccc(OCC(=O)Nc2cccc(N3CCCC3=O)c2)c2c1C(C)CC2=O. The lowest BCUT2D eigenvalue weighted by Gasteiger charge is -2.17. The number of carbonyl (C=O) groups is 3. The van der Waals surface area contributed by atoms with Gasteiger partial charge in [-0.3, -0.25) is 14.4 Å². The van der Waals surface area contributed by atoms with Crippen molar-refractivity contribution in [2.45, 2.75) is 39.0 Å². The topological polar surface area (TPSA) is 75.7 Å². The van der Waals surface area contributed by atoms with E-state index in [1.807, 2.05) is 32.0 Å². The van der Waals surface area contributed by atoms with Gasteiger partial charge in [0.25, 0.3) is 5.91 Å². The minimum absolute atomic E-state index is 0.0644. The first-order valence-corrected chi connectivity index (χ1v) is 9.94. The molecule has 2 aliphatic rings. The second kappa shape index (κ2) is 7.70. The molecule has 1 heterocycles. The van der Waals surface area contributed by atoms with Crippen LogP contribution in [0, 0.1) is 6.92 Å². The second-order valence-corrected chi connectivity index (χ2v) is 7.73. The highest BCUT2D eigenvalue weighted by molar-refractivity contribution is 6.04. The van der Waals surface area contributed by atoms with Gasteiger partial charge in [-0.15, -0.1) is 0 Å². The molecule has 2 aromatic carbocycles. The number of nitrogens with zero attached hydrogens (tertiary/aromatic N) is 1.